The van der Waals surface area contributed by atoms with E-state index >= 15 is 0 Å². The topological polar surface area (TPSA) is 58.6 Å². The summed E-state index contributed by atoms with van der Waals surface area (Å²) in [4.78, 5) is 10.7. The van der Waals surface area contributed by atoms with Gasteiger partial charge in [0.2, 0.25) is 0 Å². The zero-order valence-electron chi connectivity index (χ0n) is 11.5. The van der Waals surface area contributed by atoms with E-state index in [1.54, 1.807) is 19.9 Å². The molecule has 0 saturated carbocycles. The first kappa shape index (κ1) is 16.5. The molecule has 2 unspecified atom stereocenters. The van der Waals surface area contributed by atoms with Gasteiger partial charge in [0.05, 0.1) is 0 Å². The van der Waals surface area contributed by atoms with Crippen LogP contribution in [0.4, 0.5) is 8.78 Å². The van der Waals surface area contributed by atoms with E-state index in [4.69, 9.17) is 9.47 Å². The predicted molar refractivity (Wildman–Crippen MR) is 65.9 cm³/mol. The number of carbonyl (C=O) groups excluding carboxylic acids is 1. The molecule has 20 heavy (non-hydrogen) atoms. The second-order valence-corrected chi connectivity index (χ2v) is 4.69. The van der Waals surface area contributed by atoms with E-state index in [-0.39, 0.29) is 11.5 Å². The number of halogens is 2. The molecular weight excluding hydrogens is 270 g/mol. The third kappa shape index (κ3) is 3.74. The molecule has 0 saturated heterocycles. The van der Waals surface area contributed by atoms with Crippen molar-refractivity contribution >= 4 is 5.97 Å². The summed E-state index contributed by atoms with van der Waals surface area (Å²) >= 11 is 0. The Labute approximate surface area is 116 Å². The van der Waals surface area contributed by atoms with Crippen LogP contribution < -0.4 is 5.11 Å². The summed E-state index contributed by atoms with van der Waals surface area (Å²) in [5, 5.41) is 10.7. The highest BCUT2D eigenvalue weighted by atomic mass is 19.3. The van der Waals surface area contributed by atoms with Crippen molar-refractivity contribution in [3.05, 3.63) is 35.9 Å². The van der Waals surface area contributed by atoms with Gasteiger partial charge < -0.3 is 19.4 Å². The summed E-state index contributed by atoms with van der Waals surface area (Å²) in [5.74, 6) is -6.86. The summed E-state index contributed by atoms with van der Waals surface area (Å²) in [6, 6.07) is 7.42. The quantitative estimate of drug-likeness (QED) is 0.717. The lowest BCUT2D eigenvalue weighted by Gasteiger charge is -2.32. The monoisotopic (exact) mass is 287 g/mol. The second kappa shape index (κ2) is 6.76. The lowest BCUT2D eigenvalue weighted by atomic mass is 10.0. The molecule has 0 fully saturated rings. The van der Waals surface area contributed by atoms with E-state index in [0.29, 0.717) is 0 Å². The molecular formula is C14H17F2O4-. The fraction of sp³-hybridized carbons (Fsp3) is 0.500. The number of carbonyl (C=O) groups is 1. The molecule has 1 rings (SSSR count). The molecule has 1 aromatic carbocycles. The van der Waals surface area contributed by atoms with Gasteiger partial charge in [0.1, 0.15) is 5.97 Å². The summed E-state index contributed by atoms with van der Waals surface area (Å²) in [6.07, 6.45) is -2.92. The smallest absolute Gasteiger partial charge is 0.316 e. The number of rotatable bonds is 7. The van der Waals surface area contributed by atoms with Crippen LogP contribution in [0.2, 0.25) is 0 Å². The lowest BCUT2D eigenvalue weighted by molar-refractivity contribution is -0.343. The first-order chi connectivity index (χ1) is 9.30. The van der Waals surface area contributed by atoms with Crippen LogP contribution in [0.5, 0.6) is 0 Å². The zero-order valence-corrected chi connectivity index (χ0v) is 11.5. The van der Waals surface area contributed by atoms with Crippen molar-refractivity contribution in [3.63, 3.8) is 0 Å². The highest BCUT2D eigenvalue weighted by Crippen LogP contribution is 2.36. The Morgan fingerprint density at radius 3 is 2.20 bits per heavy atom. The van der Waals surface area contributed by atoms with Crippen LogP contribution in [0.15, 0.2) is 30.3 Å². The van der Waals surface area contributed by atoms with Gasteiger partial charge in [0.15, 0.2) is 12.4 Å². The molecule has 0 aliphatic heterocycles. The molecule has 0 radical (unpaired) electrons. The van der Waals surface area contributed by atoms with Gasteiger partial charge in [-0.2, -0.15) is 8.78 Å². The first-order valence-corrected chi connectivity index (χ1v) is 6.13. The number of aliphatic carboxylic acids is 1. The lowest BCUT2D eigenvalue weighted by Crippen LogP contribution is -2.48. The fourth-order valence-corrected chi connectivity index (χ4v) is 1.73. The molecule has 6 heteroatoms. The van der Waals surface area contributed by atoms with Crippen molar-refractivity contribution in [2.75, 3.05) is 7.11 Å². The van der Waals surface area contributed by atoms with E-state index in [2.05, 4.69) is 0 Å². The molecule has 2 atom stereocenters. The van der Waals surface area contributed by atoms with Gasteiger partial charge in [-0.25, -0.2) is 0 Å². The Morgan fingerprint density at radius 2 is 1.80 bits per heavy atom. The maximum absolute atomic E-state index is 13.8. The van der Waals surface area contributed by atoms with E-state index in [1.165, 1.54) is 31.4 Å². The van der Waals surface area contributed by atoms with Crippen LogP contribution in [0.3, 0.4) is 0 Å². The molecule has 1 aromatic rings. The minimum Gasteiger partial charge on any atom is -0.544 e. The van der Waals surface area contributed by atoms with Gasteiger partial charge in [0, 0.05) is 13.0 Å². The number of carboxylic acid groups (broad SMARTS) is 1. The highest BCUT2D eigenvalue weighted by Gasteiger charge is 2.45. The van der Waals surface area contributed by atoms with Crippen LogP contribution in [0, 0.1) is 5.92 Å². The Hall–Kier alpha value is -1.53. The zero-order chi connectivity index (χ0) is 15.3. The van der Waals surface area contributed by atoms with Crippen LogP contribution in [-0.4, -0.2) is 25.3 Å². The molecule has 0 spiro atoms. The fourth-order valence-electron chi connectivity index (χ4n) is 1.73. The van der Waals surface area contributed by atoms with Crippen LogP contribution in [-0.2, 0) is 14.3 Å². The average Bonchev–Trinajstić information content (AvgIpc) is 2.39. The predicted octanol–water partition coefficient (Wildman–Crippen LogP) is 1.76. The van der Waals surface area contributed by atoms with Crippen molar-refractivity contribution < 1.29 is 28.2 Å². The van der Waals surface area contributed by atoms with E-state index in [1.807, 2.05) is 0 Å². The van der Waals surface area contributed by atoms with Crippen molar-refractivity contribution in [1.29, 1.82) is 0 Å². The molecule has 0 heterocycles. The van der Waals surface area contributed by atoms with Crippen molar-refractivity contribution in [3.8, 4) is 0 Å². The maximum Gasteiger partial charge on any atom is 0.316 e. The Morgan fingerprint density at radius 1 is 1.25 bits per heavy atom. The second-order valence-electron chi connectivity index (χ2n) is 4.69. The Bertz CT molecular complexity index is 434. The first-order valence-electron chi connectivity index (χ1n) is 6.13. The third-order valence-corrected chi connectivity index (χ3v) is 2.75. The molecule has 0 aromatic heterocycles. The van der Waals surface area contributed by atoms with E-state index in [9.17, 15) is 18.7 Å². The number of alkyl halides is 2. The minimum atomic E-state index is -4.16. The number of methoxy groups -OCH3 is 1. The van der Waals surface area contributed by atoms with Crippen molar-refractivity contribution in [2.45, 2.75) is 32.2 Å². The molecule has 0 amide bonds. The summed E-state index contributed by atoms with van der Waals surface area (Å²) in [5.41, 5.74) is 0.0457. The number of benzene rings is 1. The van der Waals surface area contributed by atoms with E-state index in [0.717, 1.165) is 0 Å². The number of ether oxygens (including phenoxy) is 2. The van der Waals surface area contributed by atoms with Gasteiger partial charge >= 0.3 is 5.92 Å². The third-order valence-electron chi connectivity index (χ3n) is 2.75. The number of carboxylic acids is 1. The maximum atomic E-state index is 13.8. The summed E-state index contributed by atoms with van der Waals surface area (Å²) < 4.78 is 37.8. The van der Waals surface area contributed by atoms with Gasteiger partial charge in [-0.3, -0.25) is 0 Å². The molecule has 4 nitrogen and oxygen atoms in total. The van der Waals surface area contributed by atoms with Gasteiger partial charge in [0.25, 0.3) is 0 Å². The normalized spacial score (nSPS) is 15.1. The molecule has 112 valence electrons. The summed E-state index contributed by atoms with van der Waals surface area (Å²) in [7, 11) is 1.31. The SMILES string of the molecule is COC(OC(c1ccccc1)C(F)(F)C(=O)[O-])C(C)C. The Kier molecular flexibility index (Phi) is 5.59. The number of hydrogen-bond donors (Lipinski definition) is 0. The van der Waals surface area contributed by atoms with Crippen molar-refractivity contribution in [2.24, 2.45) is 5.92 Å². The summed E-state index contributed by atoms with van der Waals surface area (Å²) in [6.45, 7) is 3.43. The van der Waals surface area contributed by atoms with Crippen molar-refractivity contribution in [1.82, 2.24) is 0 Å². The molecule has 0 bridgehead atoms. The van der Waals surface area contributed by atoms with Crippen LogP contribution in [0.1, 0.15) is 25.5 Å². The van der Waals surface area contributed by atoms with Gasteiger partial charge in [-0.1, -0.05) is 44.2 Å². The van der Waals surface area contributed by atoms with E-state index < -0.39 is 24.3 Å². The molecule has 0 aliphatic rings. The Balaban J connectivity index is 3.12. The van der Waals surface area contributed by atoms with Crippen LogP contribution >= 0.6 is 0 Å². The molecule has 0 aliphatic carbocycles. The standard InChI is InChI=1S/C14H18F2O4/c1-9(2)12(19-3)20-11(14(15,16)13(17)18)10-7-5-4-6-8-10/h4-9,11-12H,1-3H3,(H,17,18)/p-1. The highest BCUT2D eigenvalue weighted by molar-refractivity contribution is 5.74. The largest absolute Gasteiger partial charge is 0.544 e. The van der Waals surface area contributed by atoms with Crippen LogP contribution in [0.25, 0.3) is 0 Å². The average molecular weight is 287 g/mol. The molecule has 0 N–H and O–H groups in total. The number of hydrogen-bond acceptors (Lipinski definition) is 4. The van der Waals surface area contributed by atoms with Gasteiger partial charge in [-0.05, 0) is 5.56 Å². The minimum absolute atomic E-state index is 0.0457. The van der Waals surface area contributed by atoms with Gasteiger partial charge in [-0.15, -0.1) is 0 Å².